The number of nitrogens with zero attached hydrogens (tertiary/aromatic N) is 3. The van der Waals surface area contributed by atoms with Crippen molar-refractivity contribution in [3.05, 3.63) is 54.0 Å². The van der Waals surface area contributed by atoms with Crippen molar-refractivity contribution in [2.75, 3.05) is 29.9 Å². The number of nitrogens with one attached hydrogen (secondary N) is 1. The smallest absolute Gasteiger partial charge is 0.274 e. The first-order valence-corrected chi connectivity index (χ1v) is 10.3. The number of hydrogen-bond acceptors (Lipinski definition) is 4. The van der Waals surface area contributed by atoms with Crippen LogP contribution in [0.2, 0.25) is 0 Å². The average molecular weight is 393 g/mol. The second-order valence-electron chi connectivity index (χ2n) is 7.72. The number of pyridine rings is 1. The molecule has 1 aromatic carbocycles. The number of hydrogen-bond donors (Lipinski definition) is 1. The highest BCUT2D eigenvalue weighted by Crippen LogP contribution is 2.26. The molecular weight excluding hydrogens is 364 g/mol. The summed E-state index contributed by atoms with van der Waals surface area (Å²) in [4.78, 5) is 19.9. The first-order chi connectivity index (χ1) is 14.1. The third-order valence-corrected chi connectivity index (χ3v) is 5.58. The van der Waals surface area contributed by atoms with Crippen LogP contribution in [0.3, 0.4) is 0 Å². The Balaban J connectivity index is 1.52. The van der Waals surface area contributed by atoms with Crippen LogP contribution in [0, 0.1) is 12.8 Å². The molecule has 1 aliphatic heterocycles. The van der Waals surface area contributed by atoms with Gasteiger partial charge in [-0.1, -0.05) is 6.92 Å². The van der Waals surface area contributed by atoms with Crippen LogP contribution in [-0.2, 0) is 0 Å². The molecule has 152 valence electrons. The predicted octanol–water partition coefficient (Wildman–Crippen LogP) is 4.53. The van der Waals surface area contributed by atoms with Crippen LogP contribution in [0.1, 0.15) is 42.9 Å². The number of ether oxygens (including phenoxy) is 1. The number of carbonyl (C=O) groups excluding carboxylic acids is 1. The van der Waals surface area contributed by atoms with Gasteiger partial charge in [-0.15, -0.1) is 0 Å². The van der Waals surface area contributed by atoms with Crippen molar-refractivity contribution in [2.24, 2.45) is 5.92 Å². The van der Waals surface area contributed by atoms with Gasteiger partial charge >= 0.3 is 0 Å². The van der Waals surface area contributed by atoms with Crippen molar-refractivity contribution in [3.63, 3.8) is 0 Å². The van der Waals surface area contributed by atoms with E-state index in [0.717, 1.165) is 24.7 Å². The summed E-state index contributed by atoms with van der Waals surface area (Å²) in [7, 11) is 0. The number of benzene rings is 1. The van der Waals surface area contributed by atoms with Crippen molar-refractivity contribution in [3.8, 4) is 5.75 Å². The Kier molecular flexibility index (Phi) is 5.43. The molecular formula is C23H28N4O2. The number of aryl methyl sites for hydroxylation is 1. The summed E-state index contributed by atoms with van der Waals surface area (Å²) in [6.45, 7) is 8.83. The lowest BCUT2D eigenvalue weighted by Crippen LogP contribution is -2.32. The maximum Gasteiger partial charge on any atom is 0.274 e. The Bertz CT molecular complexity index is 1000. The molecule has 0 bridgehead atoms. The van der Waals surface area contributed by atoms with Crippen LogP contribution in [-0.4, -0.2) is 35.0 Å². The third kappa shape index (κ3) is 3.92. The molecule has 4 rings (SSSR count). The van der Waals surface area contributed by atoms with Crippen LogP contribution < -0.4 is 15.0 Å². The average Bonchev–Trinajstić information content (AvgIpc) is 3.06. The van der Waals surface area contributed by atoms with Gasteiger partial charge in [0.2, 0.25) is 0 Å². The highest BCUT2D eigenvalue weighted by atomic mass is 16.5. The van der Waals surface area contributed by atoms with Gasteiger partial charge in [-0.3, -0.25) is 9.20 Å². The maximum absolute atomic E-state index is 13.0. The van der Waals surface area contributed by atoms with Gasteiger partial charge in [0.25, 0.3) is 5.91 Å². The van der Waals surface area contributed by atoms with Crippen molar-refractivity contribution in [2.45, 2.75) is 33.6 Å². The summed E-state index contributed by atoms with van der Waals surface area (Å²) >= 11 is 0. The molecule has 1 amide bonds. The van der Waals surface area contributed by atoms with E-state index in [2.05, 4.69) is 34.3 Å². The first-order valence-electron chi connectivity index (χ1n) is 10.3. The Labute approximate surface area is 171 Å². The summed E-state index contributed by atoms with van der Waals surface area (Å²) < 4.78 is 7.43. The lowest BCUT2D eigenvalue weighted by molar-refractivity contribution is 0.102. The summed E-state index contributed by atoms with van der Waals surface area (Å²) in [5, 5.41) is 3.01. The zero-order valence-electron chi connectivity index (χ0n) is 17.3. The van der Waals surface area contributed by atoms with Crippen LogP contribution >= 0.6 is 0 Å². The molecule has 0 aliphatic carbocycles. The van der Waals surface area contributed by atoms with E-state index in [1.54, 1.807) is 4.40 Å². The predicted molar refractivity (Wildman–Crippen MR) is 116 cm³/mol. The first kappa shape index (κ1) is 19.3. The number of fused-ring (bicyclic) bond motifs is 1. The summed E-state index contributed by atoms with van der Waals surface area (Å²) in [5.41, 5.74) is 3.85. The van der Waals surface area contributed by atoms with Gasteiger partial charge in [0.1, 0.15) is 5.69 Å². The largest absolute Gasteiger partial charge is 0.490 e. The molecule has 29 heavy (non-hydrogen) atoms. The Morgan fingerprint density at radius 3 is 2.62 bits per heavy atom. The van der Waals surface area contributed by atoms with E-state index in [0.29, 0.717) is 29.4 Å². The quantitative estimate of drug-likeness (QED) is 0.693. The number of piperidine rings is 1. The summed E-state index contributed by atoms with van der Waals surface area (Å²) in [6, 6.07) is 11.8. The normalized spacial score (nSPS) is 14.9. The van der Waals surface area contributed by atoms with E-state index in [4.69, 9.17) is 4.74 Å². The van der Waals surface area contributed by atoms with Crippen LogP contribution in [0.25, 0.3) is 5.65 Å². The van der Waals surface area contributed by atoms with Gasteiger partial charge in [0.15, 0.2) is 11.4 Å². The molecule has 0 atom stereocenters. The lowest BCUT2D eigenvalue weighted by atomic mass is 9.99. The Morgan fingerprint density at radius 1 is 1.21 bits per heavy atom. The van der Waals surface area contributed by atoms with Crippen LogP contribution in [0.15, 0.2) is 42.6 Å². The second-order valence-corrected chi connectivity index (χ2v) is 7.72. The number of carbonyl (C=O) groups is 1. The fraction of sp³-hybridized carbons (Fsp3) is 0.391. The second kappa shape index (κ2) is 8.15. The number of amides is 1. The highest BCUT2D eigenvalue weighted by Gasteiger charge is 2.19. The van der Waals surface area contributed by atoms with Crippen molar-refractivity contribution in [1.82, 2.24) is 9.38 Å². The molecule has 0 spiro atoms. The number of imidazole rings is 1. The fourth-order valence-corrected chi connectivity index (χ4v) is 3.91. The maximum atomic E-state index is 13.0. The minimum absolute atomic E-state index is 0.178. The highest BCUT2D eigenvalue weighted by molar-refractivity contribution is 6.04. The van der Waals surface area contributed by atoms with E-state index in [-0.39, 0.29) is 5.91 Å². The van der Waals surface area contributed by atoms with Crippen LogP contribution in [0.4, 0.5) is 11.4 Å². The minimum atomic E-state index is -0.178. The van der Waals surface area contributed by atoms with Crippen LogP contribution in [0.5, 0.6) is 5.75 Å². The fourth-order valence-electron chi connectivity index (χ4n) is 3.91. The van der Waals surface area contributed by atoms with E-state index in [1.165, 1.54) is 18.5 Å². The Hall–Kier alpha value is -3.02. The minimum Gasteiger partial charge on any atom is -0.490 e. The van der Waals surface area contributed by atoms with E-state index >= 15 is 0 Å². The van der Waals surface area contributed by atoms with Gasteiger partial charge in [0.05, 0.1) is 12.3 Å². The topological polar surface area (TPSA) is 58.9 Å². The van der Waals surface area contributed by atoms with Gasteiger partial charge in [-0.2, -0.15) is 0 Å². The molecule has 0 radical (unpaired) electrons. The number of aromatic nitrogens is 2. The molecule has 1 fully saturated rings. The molecule has 6 nitrogen and oxygen atoms in total. The molecule has 1 aliphatic rings. The lowest BCUT2D eigenvalue weighted by Gasteiger charge is -2.32. The van der Waals surface area contributed by atoms with Crippen molar-refractivity contribution < 1.29 is 9.53 Å². The molecule has 1 N–H and O–H groups in total. The standard InChI is InChI=1S/C23H28N4O2/c1-4-29-20-6-5-13-27-21(17(3)24-22(20)27)23(28)25-18-7-9-19(10-8-18)26-14-11-16(2)12-15-26/h5-10,13,16H,4,11-12,14-15H2,1-3H3,(H,25,28). The molecule has 3 aromatic rings. The van der Waals surface area contributed by atoms with Gasteiger partial charge < -0.3 is 15.0 Å². The van der Waals surface area contributed by atoms with Gasteiger partial charge in [-0.05, 0) is 69.0 Å². The number of rotatable bonds is 5. The molecule has 0 unspecified atom stereocenters. The molecule has 3 heterocycles. The van der Waals surface area contributed by atoms with Crippen molar-refractivity contribution in [1.29, 1.82) is 0 Å². The zero-order chi connectivity index (χ0) is 20.4. The molecule has 0 saturated carbocycles. The molecule has 2 aromatic heterocycles. The van der Waals surface area contributed by atoms with E-state index in [1.807, 2.05) is 44.3 Å². The zero-order valence-corrected chi connectivity index (χ0v) is 17.3. The summed E-state index contributed by atoms with van der Waals surface area (Å²) in [5.74, 6) is 1.31. The van der Waals surface area contributed by atoms with E-state index in [9.17, 15) is 4.79 Å². The van der Waals surface area contributed by atoms with Gasteiger partial charge in [-0.25, -0.2) is 4.98 Å². The van der Waals surface area contributed by atoms with Gasteiger partial charge in [0, 0.05) is 30.7 Å². The SMILES string of the molecule is CCOc1cccn2c(C(=O)Nc3ccc(N4CCC(C)CC4)cc3)c(C)nc12. The molecule has 6 heteroatoms. The van der Waals surface area contributed by atoms with E-state index < -0.39 is 0 Å². The molecule has 1 saturated heterocycles. The Morgan fingerprint density at radius 2 is 1.93 bits per heavy atom. The number of anilines is 2. The monoisotopic (exact) mass is 392 g/mol. The van der Waals surface area contributed by atoms with Crippen molar-refractivity contribution >= 4 is 22.9 Å². The summed E-state index contributed by atoms with van der Waals surface area (Å²) in [6.07, 6.45) is 4.30. The third-order valence-electron chi connectivity index (χ3n) is 5.58.